The third-order valence-corrected chi connectivity index (χ3v) is 5.24. The lowest BCUT2D eigenvalue weighted by molar-refractivity contribution is 0.156. The third kappa shape index (κ3) is 7.65. The Labute approximate surface area is 134 Å². The van der Waals surface area contributed by atoms with E-state index in [0.29, 0.717) is 11.5 Å². The van der Waals surface area contributed by atoms with Crippen LogP contribution in [0, 0.1) is 11.3 Å². The Balaban J connectivity index is 2.22. The van der Waals surface area contributed by atoms with Crippen LogP contribution in [-0.2, 0) is 0 Å². The molecule has 1 unspecified atom stereocenters. The molecule has 0 saturated carbocycles. The van der Waals surface area contributed by atoms with Crippen molar-refractivity contribution in [1.29, 1.82) is 0 Å². The Morgan fingerprint density at radius 3 is 2.33 bits per heavy atom. The van der Waals surface area contributed by atoms with Crippen LogP contribution in [0.15, 0.2) is 0 Å². The lowest BCUT2D eigenvalue weighted by Crippen LogP contribution is -2.44. The summed E-state index contributed by atoms with van der Waals surface area (Å²) in [6, 6.07) is 0.680. The molecule has 1 aliphatic rings. The standard InChI is InChI=1S/C19H40N2/c1-6-8-9-12-19(4,5)16-20-17(3)18-10-14-21(13-7-2)15-11-18/h17-18,20H,6-16H2,1-5H3. The van der Waals surface area contributed by atoms with Crippen LogP contribution in [-0.4, -0.2) is 37.1 Å². The quantitative estimate of drug-likeness (QED) is 0.588. The molecule has 0 aromatic carbocycles. The first kappa shape index (κ1) is 19.0. The van der Waals surface area contributed by atoms with Crippen LogP contribution in [0.1, 0.15) is 79.6 Å². The summed E-state index contributed by atoms with van der Waals surface area (Å²) in [6.45, 7) is 16.9. The molecule has 0 radical (unpaired) electrons. The molecule has 1 aliphatic heterocycles. The minimum absolute atomic E-state index is 0.451. The van der Waals surface area contributed by atoms with E-state index in [1.807, 2.05) is 0 Å². The van der Waals surface area contributed by atoms with Crippen molar-refractivity contribution in [3.8, 4) is 0 Å². The summed E-state index contributed by atoms with van der Waals surface area (Å²) in [5.74, 6) is 0.879. The number of piperidine rings is 1. The fourth-order valence-corrected chi connectivity index (χ4v) is 3.54. The van der Waals surface area contributed by atoms with E-state index in [9.17, 15) is 0 Å². The highest BCUT2D eigenvalue weighted by molar-refractivity contribution is 4.81. The zero-order valence-corrected chi connectivity index (χ0v) is 15.4. The molecule has 0 aromatic heterocycles. The van der Waals surface area contributed by atoms with Crippen LogP contribution in [0.3, 0.4) is 0 Å². The predicted octanol–water partition coefficient (Wildman–Crippen LogP) is 4.69. The number of hydrogen-bond donors (Lipinski definition) is 1. The number of likely N-dealkylation sites (tertiary alicyclic amines) is 1. The molecule has 2 nitrogen and oxygen atoms in total. The van der Waals surface area contributed by atoms with Gasteiger partial charge in [0, 0.05) is 12.6 Å². The topological polar surface area (TPSA) is 15.3 Å². The molecule has 0 aliphatic carbocycles. The van der Waals surface area contributed by atoms with E-state index in [1.54, 1.807) is 0 Å². The van der Waals surface area contributed by atoms with Gasteiger partial charge in [0.1, 0.15) is 0 Å². The molecule has 21 heavy (non-hydrogen) atoms. The summed E-state index contributed by atoms with van der Waals surface area (Å²) < 4.78 is 0. The highest BCUT2D eigenvalue weighted by Crippen LogP contribution is 2.25. The Hall–Kier alpha value is -0.0800. The maximum absolute atomic E-state index is 3.85. The zero-order valence-electron chi connectivity index (χ0n) is 15.4. The first-order valence-corrected chi connectivity index (χ1v) is 9.44. The van der Waals surface area contributed by atoms with Crippen molar-refractivity contribution >= 4 is 0 Å². The van der Waals surface area contributed by atoms with Gasteiger partial charge in [-0.1, -0.05) is 47.0 Å². The van der Waals surface area contributed by atoms with Crippen molar-refractivity contribution in [2.24, 2.45) is 11.3 Å². The van der Waals surface area contributed by atoms with E-state index in [2.05, 4.69) is 44.8 Å². The third-order valence-electron chi connectivity index (χ3n) is 5.24. The first-order valence-electron chi connectivity index (χ1n) is 9.44. The summed E-state index contributed by atoms with van der Waals surface area (Å²) in [6.07, 6.45) is 9.51. The second-order valence-electron chi connectivity index (χ2n) is 7.97. The number of rotatable bonds is 10. The summed E-state index contributed by atoms with van der Waals surface area (Å²) >= 11 is 0. The van der Waals surface area contributed by atoms with Gasteiger partial charge in [-0.3, -0.25) is 0 Å². The van der Waals surface area contributed by atoms with E-state index < -0.39 is 0 Å². The van der Waals surface area contributed by atoms with Crippen LogP contribution >= 0.6 is 0 Å². The average molecular weight is 297 g/mol. The average Bonchev–Trinajstić information content (AvgIpc) is 2.46. The van der Waals surface area contributed by atoms with Crippen molar-refractivity contribution in [1.82, 2.24) is 10.2 Å². The van der Waals surface area contributed by atoms with Crippen molar-refractivity contribution in [2.45, 2.75) is 85.6 Å². The minimum atomic E-state index is 0.451. The molecule has 1 rings (SSSR count). The Kier molecular flexibility index (Phi) is 8.89. The molecular formula is C19H40N2. The molecule has 1 heterocycles. The van der Waals surface area contributed by atoms with Crippen LogP contribution in [0.25, 0.3) is 0 Å². The molecular weight excluding hydrogens is 256 g/mol. The van der Waals surface area contributed by atoms with Crippen molar-refractivity contribution in [3.63, 3.8) is 0 Å². The van der Waals surface area contributed by atoms with Gasteiger partial charge in [0.15, 0.2) is 0 Å². The number of hydrogen-bond acceptors (Lipinski definition) is 2. The largest absolute Gasteiger partial charge is 0.313 e. The van der Waals surface area contributed by atoms with Crippen LogP contribution in [0.4, 0.5) is 0 Å². The van der Waals surface area contributed by atoms with Gasteiger partial charge in [0.25, 0.3) is 0 Å². The summed E-state index contributed by atoms with van der Waals surface area (Å²) in [5, 5.41) is 3.85. The zero-order chi connectivity index (χ0) is 15.7. The van der Waals surface area contributed by atoms with Gasteiger partial charge in [-0.2, -0.15) is 0 Å². The van der Waals surface area contributed by atoms with E-state index in [1.165, 1.54) is 71.1 Å². The normalized spacial score (nSPS) is 19.9. The molecule has 1 fully saturated rings. The van der Waals surface area contributed by atoms with E-state index >= 15 is 0 Å². The van der Waals surface area contributed by atoms with Crippen molar-refractivity contribution < 1.29 is 0 Å². The summed E-state index contributed by atoms with van der Waals surface area (Å²) in [4.78, 5) is 2.64. The molecule has 1 saturated heterocycles. The van der Waals surface area contributed by atoms with E-state index in [0.717, 1.165) is 5.92 Å². The van der Waals surface area contributed by atoms with Gasteiger partial charge in [-0.25, -0.2) is 0 Å². The highest BCUT2D eigenvalue weighted by Gasteiger charge is 2.25. The van der Waals surface area contributed by atoms with Gasteiger partial charge in [0.2, 0.25) is 0 Å². The van der Waals surface area contributed by atoms with Crippen LogP contribution in [0.5, 0.6) is 0 Å². The highest BCUT2D eigenvalue weighted by atomic mass is 15.1. The maximum Gasteiger partial charge on any atom is 0.00681 e. The Morgan fingerprint density at radius 1 is 1.10 bits per heavy atom. The summed E-state index contributed by atoms with van der Waals surface area (Å²) in [7, 11) is 0. The maximum atomic E-state index is 3.85. The van der Waals surface area contributed by atoms with E-state index in [-0.39, 0.29) is 0 Å². The number of nitrogens with one attached hydrogen (secondary N) is 1. The summed E-state index contributed by atoms with van der Waals surface area (Å²) in [5.41, 5.74) is 0.451. The lowest BCUT2D eigenvalue weighted by atomic mass is 9.85. The fraction of sp³-hybridized carbons (Fsp3) is 1.00. The second-order valence-corrected chi connectivity index (χ2v) is 7.97. The number of nitrogens with zero attached hydrogens (tertiary/aromatic N) is 1. The number of unbranched alkanes of at least 4 members (excludes halogenated alkanes) is 2. The molecule has 0 spiro atoms. The van der Waals surface area contributed by atoms with Crippen molar-refractivity contribution in [2.75, 3.05) is 26.2 Å². The first-order chi connectivity index (χ1) is 9.98. The van der Waals surface area contributed by atoms with Gasteiger partial charge in [-0.05, 0) is 63.6 Å². The molecule has 2 heteroatoms. The molecule has 0 aromatic rings. The van der Waals surface area contributed by atoms with Gasteiger partial charge in [-0.15, -0.1) is 0 Å². The molecule has 0 amide bonds. The molecule has 0 bridgehead atoms. The van der Waals surface area contributed by atoms with E-state index in [4.69, 9.17) is 0 Å². The molecule has 126 valence electrons. The van der Waals surface area contributed by atoms with Crippen molar-refractivity contribution in [3.05, 3.63) is 0 Å². The van der Waals surface area contributed by atoms with Crippen LogP contribution in [0.2, 0.25) is 0 Å². The molecule has 1 atom stereocenters. The van der Waals surface area contributed by atoms with Gasteiger partial charge in [0.05, 0.1) is 0 Å². The predicted molar refractivity (Wildman–Crippen MR) is 94.8 cm³/mol. The minimum Gasteiger partial charge on any atom is -0.313 e. The van der Waals surface area contributed by atoms with Gasteiger partial charge < -0.3 is 10.2 Å². The molecule has 1 N–H and O–H groups in total. The fourth-order valence-electron chi connectivity index (χ4n) is 3.54. The monoisotopic (exact) mass is 296 g/mol. The Morgan fingerprint density at radius 2 is 1.76 bits per heavy atom. The SMILES string of the molecule is CCCCCC(C)(C)CNC(C)C1CCN(CCC)CC1. The lowest BCUT2D eigenvalue weighted by Gasteiger charge is -2.36. The van der Waals surface area contributed by atoms with Gasteiger partial charge >= 0.3 is 0 Å². The Bertz CT molecular complexity index is 254. The second kappa shape index (κ2) is 9.84. The smallest absolute Gasteiger partial charge is 0.00681 e. The van der Waals surface area contributed by atoms with Crippen LogP contribution < -0.4 is 5.32 Å².